The molecule has 0 unspecified atom stereocenters. The van der Waals surface area contributed by atoms with Gasteiger partial charge in [0, 0.05) is 4.47 Å². The summed E-state index contributed by atoms with van der Waals surface area (Å²) in [5.74, 6) is -1.78. The molecule has 0 atom stereocenters. The SMILES string of the molecule is O=C(COC(=O)c1ccc(Br)cc1)Nc1cc(F)ccc1Cl. The molecular formula is C15H10BrClFNO3. The molecule has 22 heavy (non-hydrogen) atoms. The van der Waals surface area contributed by atoms with Gasteiger partial charge in [-0.05, 0) is 42.5 Å². The van der Waals surface area contributed by atoms with Gasteiger partial charge >= 0.3 is 5.97 Å². The van der Waals surface area contributed by atoms with Crippen LogP contribution < -0.4 is 5.32 Å². The maximum Gasteiger partial charge on any atom is 0.338 e. The summed E-state index contributed by atoms with van der Waals surface area (Å²) in [5.41, 5.74) is 0.436. The summed E-state index contributed by atoms with van der Waals surface area (Å²) in [4.78, 5) is 23.4. The molecule has 114 valence electrons. The molecule has 2 aromatic carbocycles. The first-order valence-corrected chi connectivity index (χ1v) is 7.30. The van der Waals surface area contributed by atoms with E-state index in [9.17, 15) is 14.0 Å². The van der Waals surface area contributed by atoms with Gasteiger partial charge in [0.25, 0.3) is 5.91 Å². The molecule has 0 heterocycles. The second kappa shape index (κ2) is 7.38. The largest absolute Gasteiger partial charge is 0.452 e. The Labute approximate surface area is 139 Å². The van der Waals surface area contributed by atoms with Crippen molar-refractivity contribution in [2.45, 2.75) is 0 Å². The lowest BCUT2D eigenvalue weighted by molar-refractivity contribution is -0.119. The highest BCUT2D eigenvalue weighted by Crippen LogP contribution is 2.22. The Hall–Kier alpha value is -1.92. The Morgan fingerprint density at radius 2 is 1.86 bits per heavy atom. The van der Waals surface area contributed by atoms with Gasteiger partial charge in [-0.3, -0.25) is 4.79 Å². The van der Waals surface area contributed by atoms with E-state index in [0.717, 1.165) is 10.5 Å². The van der Waals surface area contributed by atoms with Gasteiger partial charge in [-0.15, -0.1) is 0 Å². The molecule has 0 radical (unpaired) electrons. The van der Waals surface area contributed by atoms with E-state index in [1.807, 2.05) is 0 Å². The van der Waals surface area contributed by atoms with Gasteiger partial charge in [0.1, 0.15) is 5.82 Å². The van der Waals surface area contributed by atoms with Crippen molar-refractivity contribution in [3.63, 3.8) is 0 Å². The fourth-order valence-electron chi connectivity index (χ4n) is 1.58. The van der Waals surface area contributed by atoms with E-state index in [-0.39, 0.29) is 10.7 Å². The summed E-state index contributed by atoms with van der Waals surface area (Å²) in [6, 6.07) is 10.1. The minimum absolute atomic E-state index is 0.117. The second-order valence-corrected chi connectivity index (χ2v) is 5.58. The van der Waals surface area contributed by atoms with Crippen molar-refractivity contribution in [1.29, 1.82) is 0 Å². The fraction of sp³-hybridized carbons (Fsp3) is 0.0667. The van der Waals surface area contributed by atoms with Crippen molar-refractivity contribution < 1.29 is 18.7 Å². The van der Waals surface area contributed by atoms with Gasteiger partial charge in [-0.25, -0.2) is 9.18 Å². The number of carbonyl (C=O) groups is 2. The van der Waals surface area contributed by atoms with Crippen LogP contribution >= 0.6 is 27.5 Å². The van der Waals surface area contributed by atoms with Gasteiger partial charge in [0.15, 0.2) is 6.61 Å². The minimum Gasteiger partial charge on any atom is -0.452 e. The van der Waals surface area contributed by atoms with E-state index in [1.165, 1.54) is 12.1 Å². The Kier molecular flexibility index (Phi) is 5.51. The number of rotatable bonds is 4. The molecular weight excluding hydrogens is 377 g/mol. The van der Waals surface area contributed by atoms with E-state index in [2.05, 4.69) is 21.2 Å². The summed E-state index contributed by atoms with van der Waals surface area (Å²) < 4.78 is 18.8. The topological polar surface area (TPSA) is 55.4 Å². The summed E-state index contributed by atoms with van der Waals surface area (Å²) in [6.07, 6.45) is 0. The molecule has 2 aromatic rings. The molecule has 4 nitrogen and oxygen atoms in total. The summed E-state index contributed by atoms with van der Waals surface area (Å²) >= 11 is 9.07. The third-order valence-electron chi connectivity index (χ3n) is 2.62. The molecule has 0 aliphatic rings. The highest BCUT2D eigenvalue weighted by atomic mass is 79.9. The highest BCUT2D eigenvalue weighted by molar-refractivity contribution is 9.10. The van der Waals surface area contributed by atoms with Crippen LogP contribution in [-0.2, 0) is 9.53 Å². The molecule has 0 aliphatic carbocycles. The lowest BCUT2D eigenvalue weighted by Gasteiger charge is -2.08. The van der Waals surface area contributed by atoms with Crippen LogP contribution in [-0.4, -0.2) is 18.5 Å². The van der Waals surface area contributed by atoms with Gasteiger partial charge in [-0.2, -0.15) is 0 Å². The zero-order valence-corrected chi connectivity index (χ0v) is 13.4. The van der Waals surface area contributed by atoms with Gasteiger partial charge < -0.3 is 10.1 Å². The predicted octanol–water partition coefficient (Wildman–Crippen LogP) is 4.04. The van der Waals surface area contributed by atoms with Crippen molar-refractivity contribution in [2.75, 3.05) is 11.9 Å². The maximum atomic E-state index is 13.1. The van der Waals surface area contributed by atoms with Crippen molar-refractivity contribution in [3.05, 3.63) is 63.3 Å². The zero-order valence-electron chi connectivity index (χ0n) is 11.1. The number of carbonyl (C=O) groups excluding carboxylic acids is 2. The zero-order chi connectivity index (χ0) is 16.1. The lowest BCUT2D eigenvalue weighted by atomic mass is 10.2. The first kappa shape index (κ1) is 16.5. The van der Waals surface area contributed by atoms with E-state index in [0.29, 0.717) is 5.56 Å². The van der Waals surface area contributed by atoms with Crippen LogP contribution in [0.25, 0.3) is 0 Å². The van der Waals surface area contributed by atoms with Gasteiger partial charge in [-0.1, -0.05) is 27.5 Å². The Morgan fingerprint density at radius 1 is 1.18 bits per heavy atom. The van der Waals surface area contributed by atoms with Crippen molar-refractivity contribution in [1.82, 2.24) is 0 Å². The van der Waals surface area contributed by atoms with Crippen LogP contribution in [0.4, 0.5) is 10.1 Å². The number of nitrogens with one attached hydrogen (secondary N) is 1. The average Bonchev–Trinajstić information content (AvgIpc) is 2.49. The van der Waals surface area contributed by atoms with E-state index in [4.69, 9.17) is 16.3 Å². The van der Waals surface area contributed by atoms with Crippen LogP contribution in [0.1, 0.15) is 10.4 Å². The molecule has 2 rings (SSSR count). The molecule has 0 aliphatic heterocycles. The quantitative estimate of drug-likeness (QED) is 0.807. The van der Waals surface area contributed by atoms with Crippen molar-refractivity contribution in [2.24, 2.45) is 0 Å². The van der Waals surface area contributed by atoms with Gasteiger partial charge in [0.05, 0.1) is 16.3 Å². The molecule has 1 N–H and O–H groups in total. The second-order valence-electron chi connectivity index (χ2n) is 4.26. The number of halogens is 3. The Bertz CT molecular complexity index is 706. The predicted molar refractivity (Wildman–Crippen MR) is 84.5 cm³/mol. The van der Waals surface area contributed by atoms with E-state index >= 15 is 0 Å². The standard InChI is InChI=1S/C15H10BrClFNO3/c16-10-3-1-9(2-4-10)15(21)22-8-14(20)19-13-7-11(18)5-6-12(13)17/h1-7H,8H2,(H,19,20). The fourth-order valence-corrected chi connectivity index (χ4v) is 2.01. The molecule has 7 heteroatoms. The summed E-state index contributed by atoms with van der Waals surface area (Å²) in [6.45, 7) is -0.498. The number of hydrogen-bond donors (Lipinski definition) is 1. The van der Waals surface area contributed by atoms with Crippen LogP contribution in [0.5, 0.6) is 0 Å². The number of ether oxygens (including phenoxy) is 1. The van der Waals surface area contributed by atoms with Crippen LogP contribution in [0.2, 0.25) is 5.02 Å². The van der Waals surface area contributed by atoms with E-state index in [1.54, 1.807) is 24.3 Å². The van der Waals surface area contributed by atoms with E-state index < -0.39 is 24.3 Å². The maximum absolute atomic E-state index is 13.1. The van der Waals surface area contributed by atoms with Crippen LogP contribution in [0, 0.1) is 5.82 Å². The first-order chi connectivity index (χ1) is 10.5. The highest BCUT2D eigenvalue weighted by Gasteiger charge is 2.11. The monoisotopic (exact) mass is 385 g/mol. The van der Waals surface area contributed by atoms with Crippen LogP contribution in [0.15, 0.2) is 46.9 Å². The third-order valence-corrected chi connectivity index (χ3v) is 3.48. The minimum atomic E-state index is -0.631. The molecule has 0 bridgehead atoms. The normalized spacial score (nSPS) is 10.1. The molecule has 0 spiro atoms. The number of esters is 1. The average molecular weight is 387 g/mol. The van der Waals surface area contributed by atoms with Crippen LogP contribution in [0.3, 0.4) is 0 Å². The smallest absolute Gasteiger partial charge is 0.338 e. The number of anilines is 1. The number of hydrogen-bond acceptors (Lipinski definition) is 3. The van der Waals surface area contributed by atoms with Crippen molar-refractivity contribution >= 4 is 45.1 Å². The first-order valence-electron chi connectivity index (χ1n) is 6.13. The molecule has 0 fully saturated rings. The molecule has 0 saturated heterocycles. The summed E-state index contributed by atoms with van der Waals surface area (Å²) in [5, 5.41) is 2.56. The van der Waals surface area contributed by atoms with Crippen molar-refractivity contribution in [3.8, 4) is 0 Å². The molecule has 1 amide bonds. The summed E-state index contributed by atoms with van der Waals surface area (Å²) in [7, 11) is 0. The van der Waals surface area contributed by atoms with Gasteiger partial charge in [0.2, 0.25) is 0 Å². The number of benzene rings is 2. The lowest BCUT2D eigenvalue weighted by Crippen LogP contribution is -2.21. The number of amides is 1. The third kappa shape index (κ3) is 4.54. The Balaban J connectivity index is 1.91. The molecule has 0 saturated carbocycles. The molecule has 0 aromatic heterocycles. The Morgan fingerprint density at radius 3 is 2.55 bits per heavy atom.